The molecule has 0 spiro atoms. The molecule has 0 fully saturated rings. The van der Waals surface area contributed by atoms with Gasteiger partial charge >= 0.3 is 10.6 Å². The Morgan fingerprint density at radius 2 is 1.53 bits per heavy atom. The summed E-state index contributed by atoms with van der Waals surface area (Å²) in [7, 11) is -15.1. The van der Waals surface area contributed by atoms with Crippen LogP contribution in [0.3, 0.4) is 0 Å². The Morgan fingerprint density at radius 1 is 0.917 bits per heavy atom. The van der Waals surface area contributed by atoms with Crippen LogP contribution in [-0.4, -0.2) is 87.0 Å². The van der Waals surface area contributed by atoms with E-state index >= 15 is 0 Å². The van der Waals surface area contributed by atoms with E-state index in [2.05, 4.69) is 30.3 Å². The molecule has 0 atom stereocenters. The van der Waals surface area contributed by atoms with Gasteiger partial charge in [-0.25, -0.2) is 13.1 Å². The Bertz CT molecular complexity index is 1470. The number of rotatable bonds is 12. The molecule has 0 saturated carbocycles. The van der Waals surface area contributed by atoms with Gasteiger partial charge in [0.05, 0.1) is 16.9 Å². The van der Waals surface area contributed by atoms with Crippen LogP contribution in [0.25, 0.3) is 0 Å². The van der Waals surface area contributed by atoms with Gasteiger partial charge in [0.2, 0.25) is 21.9 Å². The van der Waals surface area contributed by atoms with Gasteiger partial charge in [-0.3, -0.25) is 9.11 Å². The lowest BCUT2D eigenvalue weighted by Crippen LogP contribution is -2.23. The largest absolute Gasteiger partial charge is 0.425 e. The number of anilines is 3. The molecule has 0 aliphatic carbocycles. The maximum absolute atomic E-state index is 11.3. The summed E-state index contributed by atoms with van der Waals surface area (Å²) in [5.41, 5.74) is 0.236. The van der Waals surface area contributed by atoms with Crippen LogP contribution in [0.1, 0.15) is 12.2 Å². The first-order valence-electron chi connectivity index (χ1n) is 9.44. The molecular formula is C15H22N6O11S4. The number of sulfonamides is 1. The van der Waals surface area contributed by atoms with Gasteiger partial charge in [0.1, 0.15) is 5.82 Å². The van der Waals surface area contributed by atoms with Gasteiger partial charge < -0.3 is 10.6 Å². The van der Waals surface area contributed by atoms with Gasteiger partial charge in [-0.05, 0) is 24.6 Å². The Kier molecular flexibility index (Phi) is 11.7. The van der Waals surface area contributed by atoms with Crippen LogP contribution in [0.5, 0.6) is 0 Å². The second-order valence-electron chi connectivity index (χ2n) is 6.71. The van der Waals surface area contributed by atoms with Crippen molar-refractivity contribution in [3.8, 4) is 0 Å². The molecule has 202 valence electrons. The summed E-state index contributed by atoms with van der Waals surface area (Å²) in [5, 5.41) is 5.39. The van der Waals surface area contributed by atoms with E-state index < -0.39 is 46.6 Å². The SMILES string of the molecule is CS(=O)(=O)NCCCc1nc(NCCS(=O)(=O)O)nc(Nc2cccc(S(=O)(=O)O)c2)n1.O=S(=O)=O. The van der Waals surface area contributed by atoms with Crippen LogP contribution in [0.2, 0.25) is 0 Å². The molecule has 0 amide bonds. The first-order valence-corrected chi connectivity index (χ1v) is 15.4. The van der Waals surface area contributed by atoms with E-state index in [-0.39, 0.29) is 47.8 Å². The van der Waals surface area contributed by atoms with Crippen molar-refractivity contribution < 1.29 is 47.0 Å². The van der Waals surface area contributed by atoms with Gasteiger partial charge in [0.15, 0.2) is 0 Å². The molecule has 1 aromatic carbocycles. The summed E-state index contributed by atoms with van der Waals surface area (Å²) in [6, 6.07) is 5.23. The lowest BCUT2D eigenvalue weighted by molar-refractivity contribution is 0.481. The fourth-order valence-electron chi connectivity index (χ4n) is 2.33. The topological polar surface area (TPSA) is 269 Å². The van der Waals surface area contributed by atoms with E-state index in [1.165, 1.54) is 18.2 Å². The molecule has 2 rings (SSSR count). The molecule has 36 heavy (non-hydrogen) atoms. The Morgan fingerprint density at radius 3 is 2.08 bits per heavy atom. The average Bonchev–Trinajstić information content (AvgIpc) is 2.69. The lowest BCUT2D eigenvalue weighted by Gasteiger charge is -2.11. The predicted molar refractivity (Wildman–Crippen MR) is 125 cm³/mol. The highest BCUT2D eigenvalue weighted by Crippen LogP contribution is 2.19. The van der Waals surface area contributed by atoms with E-state index in [0.29, 0.717) is 6.42 Å². The molecular weight excluding hydrogens is 568 g/mol. The smallest absolute Gasteiger partial charge is 0.353 e. The molecule has 0 radical (unpaired) electrons. The Labute approximate surface area is 208 Å². The summed E-state index contributed by atoms with van der Waals surface area (Å²) in [6.45, 7) is -0.0647. The number of aryl methyl sites for hydroxylation is 1. The van der Waals surface area contributed by atoms with Gasteiger partial charge in [0.25, 0.3) is 20.2 Å². The molecule has 0 unspecified atom stereocenters. The van der Waals surface area contributed by atoms with E-state index in [1.54, 1.807) is 0 Å². The molecule has 1 heterocycles. The van der Waals surface area contributed by atoms with Crippen LogP contribution in [0, 0.1) is 0 Å². The number of nitrogens with one attached hydrogen (secondary N) is 3. The van der Waals surface area contributed by atoms with Crippen LogP contribution >= 0.6 is 0 Å². The van der Waals surface area contributed by atoms with Crippen molar-refractivity contribution in [2.45, 2.75) is 17.7 Å². The van der Waals surface area contributed by atoms with Gasteiger partial charge in [-0.1, -0.05) is 6.07 Å². The van der Waals surface area contributed by atoms with E-state index in [4.69, 9.17) is 17.2 Å². The van der Waals surface area contributed by atoms with Gasteiger partial charge in [-0.2, -0.15) is 31.8 Å². The lowest BCUT2D eigenvalue weighted by atomic mass is 10.3. The Hall–Kier alpha value is -2.82. The molecule has 0 saturated heterocycles. The van der Waals surface area contributed by atoms with Crippen molar-refractivity contribution in [1.29, 1.82) is 0 Å². The number of nitrogens with zero attached hydrogens (tertiary/aromatic N) is 3. The van der Waals surface area contributed by atoms with Crippen molar-refractivity contribution in [3.63, 3.8) is 0 Å². The van der Waals surface area contributed by atoms with Crippen LogP contribution in [-0.2, 0) is 47.3 Å². The number of hydrogen-bond donors (Lipinski definition) is 5. The van der Waals surface area contributed by atoms with Crippen molar-refractivity contribution >= 4 is 58.5 Å². The zero-order chi connectivity index (χ0) is 27.6. The van der Waals surface area contributed by atoms with Gasteiger partial charge in [0, 0.05) is 25.2 Å². The average molecular weight is 591 g/mol. The minimum absolute atomic E-state index is 0.0204. The third kappa shape index (κ3) is 14.6. The molecule has 1 aromatic heterocycles. The molecule has 0 aliphatic heterocycles. The van der Waals surface area contributed by atoms with Crippen molar-refractivity contribution in [2.24, 2.45) is 0 Å². The normalized spacial score (nSPS) is 11.8. The predicted octanol–water partition coefficient (Wildman–Crippen LogP) is -1.36. The fraction of sp³-hybridized carbons (Fsp3) is 0.400. The zero-order valence-corrected chi connectivity index (χ0v) is 21.7. The van der Waals surface area contributed by atoms with Crippen LogP contribution in [0.15, 0.2) is 29.2 Å². The third-order valence-corrected chi connectivity index (χ3v) is 5.95. The number of aromatic nitrogens is 3. The standard InChI is InChI=1S/C15H22N6O8S3.O3S/c1-30(22,23)17-7-3-6-13-19-14(16-8-9-31(24,25)26)21-15(20-13)18-11-4-2-5-12(10-11)32(27,28)29;1-4(2)3/h2,4-5,10,17H,3,6-9H2,1H3,(H,24,25,26)(H,27,28,29)(H2,16,18,19,20,21);. The highest BCUT2D eigenvalue weighted by Gasteiger charge is 2.12. The second kappa shape index (κ2) is 13.5. The number of benzene rings is 1. The molecule has 17 nitrogen and oxygen atoms in total. The highest BCUT2D eigenvalue weighted by atomic mass is 32.2. The van der Waals surface area contributed by atoms with Crippen molar-refractivity contribution in [2.75, 3.05) is 35.7 Å². The van der Waals surface area contributed by atoms with Crippen LogP contribution in [0.4, 0.5) is 17.6 Å². The van der Waals surface area contributed by atoms with Gasteiger partial charge in [-0.15, -0.1) is 12.6 Å². The summed E-state index contributed by atoms with van der Waals surface area (Å²) in [4.78, 5) is 12.0. The van der Waals surface area contributed by atoms with E-state index in [9.17, 15) is 29.8 Å². The van der Waals surface area contributed by atoms with Crippen molar-refractivity contribution in [1.82, 2.24) is 19.7 Å². The summed E-state index contributed by atoms with van der Waals surface area (Å²) >= 11 is 0. The van der Waals surface area contributed by atoms with E-state index in [1.807, 2.05) is 0 Å². The minimum atomic E-state index is -4.43. The summed E-state index contributed by atoms with van der Waals surface area (Å²) < 4.78 is 112. The first-order chi connectivity index (χ1) is 16.4. The monoisotopic (exact) mass is 590 g/mol. The van der Waals surface area contributed by atoms with E-state index in [0.717, 1.165) is 12.3 Å². The Balaban J connectivity index is 0.00000150. The highest BCUT2D eigenvalue weighted by molar-refractivity contribution is 7.88. The molecule has 0 aliphatic rings. The maximum Gasteiger partial charge on any atom is 0.425 e. The number of hydrogen-bond acceptors (Lipinski definition) is 14. The quantitative estimate of drug-likeness (QED) is 0.141. The molecule has 5 N–H and O–H groups in total. The molecule has 0 bridgehead atoms. The van der Waals surface area contributed by atoms with Crippen molar-refractivity contribution in [3.05, 3.63) is 30.1 Å². The summed E-state index contributed by atoms with van der Waals surface area (Å²) in [6.07, 6.45) is 1.60. The third-order valence-electron chi connectivity index (χ3n) is 3.65. The molecule has 21 heteroatoms. The zero-order valence-electron chi connectivity index (χ0n) is 18.4. The minimum Gasteiger partial charge on any atom is -0.353 e. The first kappa shape index (κ1) is 31.2. The second-order valence-corrected chi connectivity index (χ2v) is 11.9. The maximum atomic E-state index is 11.3. The fourth-order valence-corrected chi connectivity index (χ4v) is 3.73. The van der Waals surface area contributed by atoms with Crippen LogP contribution < -0.4 is 15.4 Å². The summed E-state index contributed by atoms with van der Waals surface area (Å²) in [5.74, 6) is -0.403. The molecule has 2 aromatic rings.